The van der Waals surface area contributed by atoms with E-state index in [9.17, 15) is 0 Å². The molecule has 0 bridgehead atoms. The Balaban J connectivity index is 1.51. The van der Waals surface area contributed by atoms with Gasteiger partial charge in [0.05, 0.1) is 5.52 Å². The fraction of sp³-hybridized carbons (Fsp3) is 0.176. The number of aryl methyl sites for hydroxylation is 1. The van der Waals surface area contributed by atoms with Gasteiger partial charge in [-0.25, -0.2) is 9.97 Å². The van der Waals surface area contributed by atoms with E-state index in [1.807, 2.05) is 37.3 Å². The second-order valence-electron chi connectivity index (χ2n) is 5.35. The van der Waals surface area contributed by atoms with Gasteiger partial charge in [-0.3, -0.25) is 4.98 Å². The molecule has 3 aromatic rings. The highest BCUT2D eigenvalue weighted by Crippen LogP contribution is 2.23. The molecule has 6 nitrogen and oxygen atoms in total. The second-order valence-corrected chi connectivity index (χ2v) is 6.19. The van der Waals surface area contributed by atoms with Crippen molar-refractivity contribution in [3.05, 3.63) is 53.4 Å². The van der Waals surface area contributed by atoms with Crippen LogP contribution < -0.4 is 16.0 Å². The number of nitrogens with one attached hydrogen (secondary N) is 3. The van der Waals surface area contributed by atoms with E-state index in [2.05, 4.69) is 30.9 Å². The Hall–Kier alpha value is -2.51. The average molecular weight is 373 g/mol. The number of thiocarbonyl (C=S) groups is 1. The highest BCUT2D eigenvalue weighted by Gasteiger charge is 2.03. The van der Waals surface area contributed by atoms with Crippen molar-refractivity contribution in [3.63, 3.8) is 0 Å². The molecule has 128 valence electrons. The van der Waals surface area contributed by atoms with E-state index in [1.165, 1.54) is 0 Å². The van der Waals surface area contributed by atoms with Gasteiger partial charge in [0, 0.05) is 47.3 Å². The maximum Gasteiger partial charge on any atom is 0.229 e. The van der Waals surface area contributed by atoms with Crippen molar-refractivity contribution in [1.82, 2.24) is 20.3 Å². The molecular formula is C17H17ClN6S. The number of benzene rings is 1. The standard InChI is InChI=1S/C17H17ClN6S/c1-11-4-6-21-16(23-11)24-17(25)22-9-8-20-14-5-7-19-15-10-12(18)2-3-13(14)15/h2-7,10H,8-9H2,1H3,(H,19,20)(H2,21,22,23,24,25). The third-order valence-electron chi connectivity index (χ3n) is 3.45. The summed E-state index contributed by atoms with van der Waals surface area (Å²) in [6.07, 6.45) is 3.45. The molecular weight excluding hydrogens is 356 g/mol. The van der Waals surface area contributed by atoms with E-state index in [1.54, 1.807) is 12.4 Å². The molecule has 0 unspecified atom stereocenters. The highest BCUT2D eigenvalue weighted by molar-refractivity contribution is 7.80. The summed E-state index contributed by atoms with van der Waals surface area (Å²) in [5.41, 5.74) is 2.75. The number of hydrogen-bond acceptors (Lipinski definition) is 5. The van der Waals surface area contributed by atoms with Gasteiger partial charge in [-0.1, -0.05) is 11.6 Å². The molecule has 2 aromatic heterocycles. The third kappa shape index (κ3) is 4.74. The quantitative estimate of drug-likeness (QED) is 0.468. The number of anilines is 2. The van der Waals surface area contributed by atoms with Crippen molar-refractivity contribution in [2.45, 2.75) is 6.92 Å². The molecule has 0 fully saturated rings. The molecule has 0 atom stereocenters. The van der Waals surface area contributed by atoms with Gasteiger partial charge in [-0.05, 0) is 49.5 Å². The van der Waals surface area contributed by atoms with Crippen molar-refractivity contribution in [2.75, 3.05) is 23.7 Å². The molecule has 0 amide bonds. The molecule has 0 saturated heterocycles. The van der Waals surface area contributed by atoms with E-state index in [4.69, 9.17) is 23.8 Å². The summed E-state index contributed by atoms with van der Waals surface area (Å²) >= 11 is 11.3. The molecule has 0 radical (unpaired) electrons. The van der Waals surface area contributed by atoms with Crippen molar-refractivity contribution in [2.24, 2.45) is 0 Å². The first kappa shape index (κ1) is 17.3. The Labute approximate surface area is 156 Å². The first-order valence-corrected chi connectivity index (χ1v) is 8.53. The predicted octanol–water partition coefficient (Wildman–Crippen LogP) is 3.39. The molecule has 2 heterocycles. The lowest BCUT2D eigenvalue weighted by Crippen LogP contribution is -2.33. The van der Waals surface area contributed by atoms with Crippen LogP contribution in [0.25, 0.3) is 10.9 Å². The van der Waals surface area contributed by atoms with E-state index < -0.39 is 0 Å². The van der Waals surface area contributed by atoms with Gasteiger partial charge >= 0.3 is 0 Å². The molecule has 0 aliphatic rings. The van der Waals surface area contributed by atoms with Crippen LogP contribution in [0.1, 0.15) is 5.69 Å². The van der Waals surface area contributed by atoms with Crippen LogP contribution in [0.4, 0.5) is 11.6 Å². The fourth-order valence-corrected chi connectivity index (χ4v) is 2.66. The molecule has 0 aliphatic carbocycles. The van der Waals surface area contributed by atoms with Crippen molar-refractivity contribution in [1.29, 1.82) is 0 Å². The Morgan fingerprint density at radius 3 is 2.80 bits per heavy atom. The number of hydrogen-bond donors (Lipinski definition) is 3. The lowest BCUT2D eigenvalue weighted by molar-refractivity contribution is 0.914. The summed E-state index contributed by atoms with van der Waals surface area (Å²) in [6, 6.07) is 9.43. The number of fused-ring (bicyclic) bond motifs is 1. The van der Waals surface area contributed by atoms with Crippen molar-refractivity contribution < 1.29 is 0 Å². The molecule has 1 aromatic carbocycles. The monoisotopic (exact) mass is 372 g/mol. The van der Waals surface area contributed by atoms with Crippen LogP contribution in [0.3, 0.4) is 0 Å². The van der Waals surface area contributed by atoms with Crippen LogP contribution in [0.5, 0.6) is 0 Å². The Morgan fingerprint density at radius 1 is 1.12 bits per heavy atom. The Morgan fingerprint density at radius 2 is 1.96 bits per heavy atom. The zero-order valence-corrected chi connectivity index (χ0v) is 15.2. The van der Waals surface area contributed by atoms with Gasteiger partial charge in [0.15, 0.2) is 5.11 Å². The van der Waals surface area contributed by atoms with Gasteiger partial charge < -0.3 is 16.0 Å². The smallest absolute Gasteiger partial charge is 0.229 e. The van der Waals surface area contributed by atoms with Crippen LogP contribution >= 0.6 is 23.8 Å². The third-order valence-corrected chi connectivity index (χ3v) is 3.93. The maximum atomic E-state index is 6.01. The largest absolute Gasteiger partial charge is 0.383 e. The van der Waals surface area contributed by atoms with E-state index >= 15 is 0 Å². The van der Waals surface area contributed by atoms with E-state index in [0.29, 0.717) is 29.2 Å². The zero-order chi connectivity index (χ0) is 17.6. The molecule has 8 heteroatoms. The van der Waals surface area contributed by atoms with E-state index in [0.717, 1.165) is 22.3 Å². The second kappa shape index (κ2) is 8.04. The van der Waals surface area contributed by atoms with Gasteiger partial charge in [-0.15, -0.1) is 0 Å². The van der Waals surface area contributed by atoms with Crippen molar-refractivity contribution in [3.8, 4) is 0 Å². The molecule has 3 rings (SSSR count). The van der Waals surface area contributed by atoms with Crippen LogP contribution in [-0.2, 0) is 0 Å². The minimum Gasteiger partial charge on any atom is -0.383 e. The predicted molar refractivity (Wildman–Crippen MR) is 106 cm³/mol. The minimum atomic E-state index is 0.485. The van der Waals surface area contributed by atoms with Gasteiger partial charge in [0.25, 0.3) is 0 Å². The minimum absolute atomic E-state index is 0.485. The SMILES string of the molecule is Cc1ccnc(NC(=S)NCCNc2ccnc3cc(Cl)ccc23)n1. The number of halogens is 1. The summed E-state index contributed by atoms with van der Waals surface area (Å²) in [5.74, 6) is 0.488. The van der Waals surface area contributed by atoms with Crippen LogP contribution in [0.15, 0.2) is 42.7 Å². The Bertz CT molecular complexity index is 901. The fourth-order valence-electron chi connectivity index (χ4n) is 2.30. The molecule has 0 spiro atoms. The van der Waals surface area contributed by atoms with Gasteiger partial charge in [-0.2, -0.15) is 0 Å². The summed E-state index contributed by atoms with van der Waals surface area (Å²) in [6.45, 7) is 3.24. The summed E-state index contributed by atoms with van der Waals surface area (Å²) in [5, 5.41) is 11.6. The molecule has 25 heavy (non-hydrogen) atoms. The van der Waals surface area contributed by atoms with Gasteiger partial charge in [0.1, 0.15) is 0 Å². The lowest BCUT2D eigenvalue weighted by atomic mass is 10.2. The normalized spacial score (nSPS) is 10.5. The summed E-state index contributed by atoms with van der Waals surface area (Å²) in [7, 11) is 0. The maximum absolute atomic E-state index is 6.01. The molecule has 0 aliphatic heterocycles. The lowest BCUT2D eigenvalue weighted by Gasteiger charge is -2.12. The number of aromatic nitrogens is 3. The van der Waals surface area contributed by atoms with Crippen LogP contribution in [-0.4, -0.2) is 33.2 Å². The topological polar surface area (TPSA) is 74.8 Å². The first-order chi connectivity index (χ1) is 12.1. The highest BCUT2D eigenvalue weighted by atomic mass is 35.5. The van der Waals surface area contributed by atoms with Crippen molar-refractivity contribution >= 4 is 51.5 Å². The van der Waals surface area contributed by atoms with Gasteiger partial charge in [0.2, 0.25) is 5.95 Å². The number of pyridine rings is 1. The Kier molecular flexibility index (Phi) is 5.57. The molecule has 3 N–H and O–H groups in total. The summed E-state index contributed by atoms with van der Waals surface area (Å²) < 4.78 is 0. The number of nitrogens with zero attached hydrogens (tertiary/aromatic N) is 3. The number of rotatable bonds is 5. The first-order valence-electron chi connectivity index (χ1n) is 7.74. The van der Waals surface area contributed by atoms with Crippen LogP contribution in [0.2, 0.25) is 5.02 Å². The van der Waals surface area contributed by atoms with E-state index in [-0.39, 0.29) is 0 Å². The zero-order valence-electron chi connectivity index (χ0n) is 13.6. The molecule has 0 saturated carbocycles. The average Bonchev–Trinajstić information content (AvgIpc) is 2.58. The van der Waals surface area contributed by atoms with Crippen LogP contribution in [0, 0.1) is 6.92 Å². The summed E-state index contributed by atoms with van der Waals surface area (Å²) in [4.78, 5) is 12.7.